The second-order valence-corrected chi connectivity index (χ2v) is 11.8. The molecule has 1 N–H and O–H groups in total. The summed E-state index contributed by atoms with van der Waals surface area (Å²) >= 11 is 7.65. The number of halogens is 2. The van der Waals surface area contributed by atoms with Gasteiger partial charge in [-0.05, 0) is 86.2 Å². The summed E-state index contributed by atoms with van der Waals surface area (Å²) in [6.07, 6.45) is 0. The van der Waals surface area contributed by atoms with Gasteiger partial charge in [0.25, 0.3) is 15.9 Å². The zero-order valence-electron chi connectivity index (χ0n) is 21.2. The molecule has 1 aromatic heterocycles. The molecule has 7 nitrogen and oxygen atoms in total. The smallest absolute Gasteiger partial charge is 0.261 e. The Kier molecular flexibility index (Phi) is 8.67. The number of fused-ring (bicyclic) bond motifs is 1. The predicted molar refractivity (Wildman–Crippen MR) is 152 cm³/mol. The van der Waals surface area contributed by atoms with E-state index in [9.17, 15) is 17.6 Å². The first-order chi connectivity index (χ1) is 18.1. The van der Waals surface area contributed by atoms with Crippen molar-refractivity contribution in [3.8, 4) is 0 Å². The number of carbonyl (C=O) groups excluding carboxylic acids is 1. The van der Waals surface area contributed by atoms with E-state index in [2.05, 4.69) is 23.5 Å². The SMILES string of the molecule is CCN(CC)CCN(C(=O)c1ccc(NS(=O)(=O)c2ccc(F)cc2)cc1)c1nc2c(C)cc(Cl)cc2s1. The van der Waals surface area contributed by atoms with E-state index in [1.54, 1.807) is 17.0 Å². The summed E-state index contributed by atoms with van der Waals surface area (Å²) in [5, 5.41) is 1.19. The van der Waals surface area contributed by atoms with E-state index in [4.69, 9.17) is 16.6 Å². The maximum Gasteiger partial charge on any atom is 0.261 e. The van der Waals surface area contributed by atoms with Crippen molar-refractivity contribution in [2.75, 3.05) is 35.8 Å². The summed E-state index contributed by atoms with van der Waals surface area (Å²) in [7, 11) is -3.91. The van der Waals surface area contributed by atoms with Crippen molar-refractivity contribution in [1.29, 1.82) is 0 Å². The Morgan fingerprint density at radius 1 is 1.03 bits per heavy atom. The molecule has 0 radical (unpaired) electrons. The molecule has 1 heterocycles. The van der Waals surface area contributed by atoms with Crippen molar-refractivity contribution < 1.29 is 17.6 Å². The molecule has 4 rings (SSSR count). The zero-order valence-corrected chi connectivity index (χ0v) is 23.6. The lowest BCUT2D eigenvalue weighted by atomic mass is 10.2. The number of nitrogens with zero attached hydrogens (tertiary/aromatic N) is 3. The number of sulfonamides is 1. The Hall–Kier alpha value is -3.05. The number of carbonyl (C=O) groups is 1. The standard InChI is InChI=1S/C27H28ClFN4O3S2/c1-4-32(5-2)14-15-33(27-30-25-18(3)16-20(28)17-24(25)37-27)26(34)19-6-10-22(11-7-19)31-38(35,36)23-12-8-21(29)9-13-23/h6-13,16-17,31H,4-5,14-15H2,1-3H3. The summed E-state index contributed by atoms with van der Waals surface area (Å²) in [4.78, 5) is 22.3. The van der Waals surface area contributed by atoms with Crippen LogP contribution in [-0.4, -0.2) is 50.4 Å². The monoisotopic (exact) mass is 574 g/mol. The van der Waals surface area contributed by atoms with Crippen LogP contribution in [0.4, 0.5) is 15.2 Å². The summed E-state index contributed by atoms with van der Waals surface area (Å²) in [5.41, 5.74) is 2.42. The molecule has 0 atom stereocenters. The minimum Gasteiger partial charge on any atom is -0.302 e. The first-order valence-corrected chi connectivity index (χ1v) is 14.8. The molecule has 0 fully saturated rings. The molecule has 0 aliphatic carbocycles. The van der Waals surface area contributed by atoms with Crippen LogP contribution in [0, 0.1) is 12.7 Å². The van der Waals surface area contributed by atoms with Gasteiger partial charge in [-0.25, -0.2) is 17.8 Å². The van der Waals surface area contributed by atoms with Gasteiger partial charge in [-0.3, -0.25) is 14.4 Å². The van der Waals surface area contributed by atoms with Crippen LogP contribution < -0.4 is 9.62 Å². The van der Waals surface area contributed by atoms with E-state index in [1.165, 1.54) is 35.6 Å². The van der Waals surface area contributed by atoms with Gasteiger partial charge in [0.2, 0.25) is 0 Å². The number of hydrogen-bond acceptors (Lipinski definition) is 6. The van der Waals surface area contributed by atoms with Gasteiger partial charge in [0.05, 0.1) is 15.1 Å². The lowest BCUT2D eigenvalue weighted by Gasteiger charge is -2.24. The Labute approximate surface area is 230 Å². The third-order valence-electron chi connectivity index (χ3n) is 6.16. The number of aromatic nitrogens is 1. The Balaban J connectivity index is 1.60. The second kappa shape index (κ2) is 11.8. The molecule has 0 unspecified atom stereocenters. The van der Waals surface area contributed by atoms with Gasteiger partial charge >= 0.3 is 0 Å². The lowest BCUT2D eigenvalue weighted by Crippen LogP contribution is -2.38. The van der Waals surface area contributed by atoms with Gasteiger partial charge in [-0.1, -0.05) is 36.8 Å². The number of aryl methyl sites for hydroxylation is 1. The molecule has 4 aromatic rings. The molecule has 200 valence electrons. The molecule has 0 saturated carbocycles. The van der Waals surface area contributed by atoms with Gasteiger partial charge in [0.15, 0.2) is 5.13 Å². The maximum absolute atomic E-state index is 13.7. The highest BCUT2D eigenvalue weighted by molar-refractivity contribution is 7.92. The van der Waals surface area contributed by atoms with E-state index in [-0.39, 0.29) is 16.5 Å². The molecule has 3 aromatic carbocycles. The third-order valence-corrected chi connectivity index (χ3v) is 8.80. The average Bonchev–Trinajstić information content (AvgIpc) is 3.31. The lowest BCUT2D eigenvalue weighted by molar-refractivity contribution is 0.0984. The fourth-order valence-electron chi connectivity index (χ4n) is 3.99. The van der Waals surface area contributed by atoms with Crippen LogP contribution in [-0.2, 0) is 10.0 Å². The number of likely N-dealkylation sites (N-methyl/N-ethyl adjacent to an activating group) is 1. The highest BCUT2D eigenvalue weighted by atomic mass is 35.5. The van der Waals surface area contributed by atoms with Gasteiger partial charge in [0.1, 0.15) is 5.82 Å². The third kappa shape index (κ3) is 6.32. The quantitative estimate of drug-likeness (QED) is 0.244. The molecule has 38 heavy (non-hydrogen) atoms. The highest BCUT2D eigenvalue weighted by Gasteiger charge is 2.23. The molecular weight excluding hydrogens is 547 g/mol. The summed E-state index contributed by atoms with van der Waals surface area (Å²) < 4.78 is 41.8. The molecule has 0 bridgehead atoms. The Bertz CT molecular complexity index is 1540. The van der Waals surface area contributed by atoms with Gasteiger partial charge in [0, 0.05) is 29.4 Å². The number of amides is 1. The van der Waals surface area contributed by atoms with E-state index in [0.29, 0.717) is 28.8 Å². The van der Waals surface area contributed by atoms with Crippen molar-refractivity contribution >= 4 is 59.9 Å². The predicted octanol–water partition coefficient (Wildman–Crippen LogP) is 6.19. The van der Waals surface area contributed by atoms with Crippen molar-refractivity contribution in [3.05, 3.63) is 82.6 Å². The molecule has 11 heteroatoms. The molecule has 0 aliphatic heterocycles. The minimum absolute atomic E-state index is 0.0622. The normalized spacial score (nSPS) is 11.7. The molecule has 0 spiro atoms. The second-order valence-electron chi connectivity index (χ2n) is 8.69. The first kappa shape index (κ1) is 28.0. The molecular formula is C27H28ClFN4O3S2. The van der Waals surface area contributed by atoms with E-state index >= 15 is 0 Å². The van der Waals surface area contributed by atoms with E-state index < -0.39 is 15.8 Å². The summed E-state index contributed by atoms with van der Waals surface area (Å²) in [5.74, 6) is -0.767. The Morgan fingerprint density at radius 2 is 1.68 bits per heavy atom. The number of nitrogens with one attached hydrogen (secondary N) is 1. The fourth-order valence-corrected chi connectivity index (χ4v) is 6.49. The highest BCUT2D eigenvalue weighted by Crippen LogP contribution is 2.33. The Morgan fingerprint density at radius 3 is 2.32 bits per heavy atom. The fraction of sp³-hybridized carbons (Fsp3) is 0.259. The number of thiazole rings is 1. The number of rotatable bonds is 10. The van der Waals surface area contributed by atoms with Crippen LogP contribution in [0.25, 0.3) is 10.2 Å². The largest absolute Gasteiger partial charge is 0.302 e. The van der Waals surface area contributed by atoms with Gasteiger partial charge in [-0.15, -0.1) is 0 Å². The van der Waals surface area contributed by atoms with Gasteiger partial charge < -0.3 is 4.90 Å². The van der Waals surface area contributed by atoms with E-state index in [1.807, 2.05) is 19.1 Å². The van der Waals surface area contributed by atoms with Crippen LogP contribution in [0.1, 0.15) is 29.8 Å². The topological polar surface area (TPSA) is 82.6 Å². The number of hydrogen-bond donors (Lipinski definition) is 1. The first-order valence-electron chi connectivity index (χ1n) is 12.1. The van der Waals surface area contributed by atoms with Crippen molar-refractivity contribution in [2.45, 2.75) is 25.7 Å². The van der Waals surface area contributed by atoms with Crippen molar-refractivity contribution in [2.24, 2.45) is 0 Å². The molecule has 1 amide bonds. The number of benzene rings is 3. The average molecular weight is 575 g/mol. The van der Waals surface area contributed by atoms with Crippen LogP contribution in [0.5, 0.6) is 0 Å². The zero-order chi connectivity index (χ0) is 27.4. The summed E-state index contributed by atoms with van der Waals surface area (Å²) in [6, 6.07) is 14.4. The van der Waals surface area contributed by atoms with E-state index in [0.717, 1.165) is 41.0 Å². The minimum atomic E-state index is -3.91. The van der Waals surface area contributed by atoms with Crippen LogP contribution in [0.2, 0.25) is 5.02 Å². The molecule has 0 aliphatic rings. The van der Waals surface area contributed by atoms with Crippen LogP contribution in [0.3, 0.4) is 0 Å². The number of anilines is 2. The molecule has 0 saturated heterocycles. The van der Waals surface area contributed by atoms with Gasteiger partial charge in [-0.2, -0.15) is 0 Å². The van der Waals surface area contributed by atoms with Crippen molar-refractivity contribution in [1.82, 2.24) is 9.88 Å². The summed E-state index contributed by atoms with van der Waals surface area (Å²) in [6.45, 7) is 8.91. The van der Waals surface area contributed by atoms with Crippen molar-refractivity contribution in [3.63, 3.8) is 0 Å². The maximum atomic E-state index is 13.7. The van der Waals surface area contributed by atoms with Crippen LogP contribution in [0.15, 0.2) is 65.6 Å². The van der Waals surface area contributed by atoms with Crippen LogP contribution >= 0.6 is 22.9 Å².